The topological polar surface area (TPSA) is 75.3 Å². The van der Waals surface area contributed by atoms with Crippen LogP contribution in [0.5, 0.6) is 0 Å². The Hall–Kier alpha value is -1.63. The van der Waals surface area contributed by atoms with Gasteiger partial charge in [0.1, 0.15) is 5.82 Å². The summed E-state index contributed by atoms with van der Waals surface area (Å²) in [6.07, 6.45) is 0.914. The third-order valence-corrected chi connectivity index (χ3v) is 5.10. The Bertz CT molecular complexity index is 631. The molecule has 110 valence electrons. The molecule has 2 amide bonds. The number of rotatable bonds is 4. The lowest BCUT2D eigenvalue weighted by atomic mass is 10.3. The second-order valence-electron chi connectivity index (χ2n) is 4.96. The molecule has 0 aromatic heterocycles. The smallest absolute Gasteiger partial charge is 0.319 e. The molecule has 0 spiro atoms. The van der Waals surface area contributed by atoms with E-state index in [1.165, 1.54) is 13.0 Å². The fourth-order valence-electron chi connectivity index (χ4n) is 1.86. The molecule has 1 aromatic rings. The number of sulfone groups is 1. The molecule has 1 aliphatic carbocycles. The van der Waals surface area contributed by atoms with Crippen LogP contribution in [0.15, 0.2) is 23.1 Å². The Kier molecular flexibility index (Phi) is 3.99. The summed E-state index contributed by atoms with van der Waals surface area (Å²) in [6, 6.07) is 2.95. The zero-order valence-corrected chi connectivity index (χ0v) is 12.1. The van der Waals surface area contributed by atoms with Crippen molar-refractivity contribution in [1.82, 2.24) is 5.32 Å². The maximum atomic E-state index is 13.2. The molecule has 0 radical (unpaired) electrons. The Balaban J connectivity index is 2.20. The molecular weight excluding hydrogens is 283 g/mol. The molecule has 7 heteroatoms. The lowest BCUT2D eigenvalue weighted by molar-refractivity contribution is 0.251. The van der Waals surface area contributed by atoms with Crippen molar-refractivity contribution in [2.45, 2.75) is 31.2 Å². The molecule has 0 bridgehead atoms. The van der Waals surface area contributed by atoms with Crippen LogP contribution in [0.4, 0.5) is 14.9 Å². The first-order valence-corrected chi connectivity index (χ1v) is 8.08. The Morgan fingerprint density at radius 1 is 1.45 bits per heavy atom. The minimum atomic E-state index is -3.60. The minimum Gasteiger partial charge on any atom is -0.335 e. The number of halogens is 1. The summed E-state index contributed by atoms with van der Waals surface area (Å²) in [5.74, 6) is -0.376. The van der Waals surface area contributed by atoms with Crippen molar-refractivity contribution in [3.05, 3.63) is 24.0 Å². The summed E-state index contributed by atoms with van der Waals surface area (Å²) in [7, 11) is -3.60. The van der Waals surface area contributed by atoms with E-state index in [0.29, 0.717) is 5.92 Å². The van der Waals surface area contributed by atoms with E-state index in [4.69, 9.17) is 0 Å². The molecule has 0 aliphatic heterocycles. The summed E-state index contributed by atoms with van der Waals surface area (Å²) >= 11 is 0. The van der Waals surface area contributed by atoms with Crippen LogP contribution < -0.4 is 10.6 Å². The Morgan fingerprint density at radius 3 is 2.65 bits per heavy atom. The molecule has 2 N–H and O–H groups in total. The first kappa shape index (κ1) is 14.8. The van der Waals surface area contributed by atoms with Crippen molar-refractivity contribution < 1.29 is 17.6 Å². The fraction of sp³-hybridized carbons (Fsp3) is 0.462. The number of carbonyl (C=O) groups is 1. The van der Waals surface area contributed by atoms with E-state index >= 15 is 0 Å². The third kappa shape index (κ3) is 3.27. The van der Waals surface area contributed by atoms with Crippen LogP contribution in [0.3, 0.4) is 0 Å². The molecule has 5 nitrogen and oxygen atoms in total. The average Bonchev–Trinajstić information content (AvgIpc) is 3.06. The number of amides is 2. The molecule has 2 rings (SSSR count). The van der Waals surface area contributed by atoms with Crippen LogP contribution in [-0.4, -0.2) is 26.2 Å². The van der Waals surface area contributed by atoms with E-state index in [9.17, 15) is 17.6 Å². The van der Waals surface area contributed by atoms with Crippen molar-refractivity contribution in [2.24, 2.45) is 5.92 Å². The highest BCUT2D eigenvalue weighted by Crippen LogP contribution is 2.29. The van der Waals surface area contributed by atoms with Gasteiger partial charge in [-0.15, -0.1) is 0 Å². The summed E-state index contributed by atoms with van der Waals surface area (Å²) in [4.78, 5) is 11.6. The molecule has 1 aromatic carbocycles. The van der Waals surface area contributed by atoms with E-state index < -0.39 is 21.7 Å². The van der Waals surface area contributed by atoms with Crippen molar-refractivity contribution >= 4 is 21.6 Å². The Morgan fingerprint density at radius 2 is 2.10 bits per heavy atom. The number of anilines is 1. The van der Waals surface area contributed by atoms with Crippen LogP contribution in [0.1, 0.15) is 20.3 Å². The first-order chi connectivity index (χ1) is 9.33. The van der Waals surface area contributed by atoms with E-state index in [1.807, 2.05) is 6.92 Å². The van der Waals surface area contributed by atoms with Gasteiger partial charge >= 0.3 is 6.03 Å². The highest BCUT2D eigenvalue weighted by Gasteiger charge is 2.34. The SMILES string of the molecule is CCS(=O)(=O)c1cc(F)ccc1NC(=O)N[C@H]1C[C@@H]1C. The van der Waals surface area contributed by atoms with Crippen LogP contribution in [-0.2, 0) is 9.84 Å². The van der Waals surface area contributed by atoms with Gasteiger partial charge in [0.05, 0.1) is 16.3 Å². The number of hydrogen-bond donors (Lipinski definition) is 2. The quantitative estimate of drug-likeness (QED) is 0.894. The molecule has 1 fully saturated rings. The normalized spacial score (nSPS) is 21.4. The molecule has 20 heavy (non-hydrogen) atoms. The molecule has 0 heterocycles. The first-order valence-electron chi connectivity index (χ1n) is 6.43. The number of nitrogens with one attached hydrogen (secondary N) is 2. The lowest BCUT2D eigenvalue weighted by Crippen LogP contribution is -2.31. The number of carbonyl (C=O) groups excluding carboxylic acids is 1. The summed E-state index contributed by atoms with van der Waals surface area (Å²) < 4.78 is 37.0. The zero-order chi connectivity index (χ0) is 14.9. The largest absolute Gasteiger partial charge is 0.335 e. The van der Waals surface area contributed by atoms with Gasteiger partial charge in [-0.05, 0) is 30.5 Å². The van der Waals surface area contributed by atoms with Gasteiger partial charge in [-0.2, -0.15) is 0 Å². The van der Waals surface area contributed by atoms with Gasteiger partial charge in [-0.3, -0.25) is 0 Å². The highest BCUT2D eigenvalue weighted by molar-refractivity contribution is 7.91. The molecule has 0 saturated heterocycles. The second-order valence-corrected chi connectivity index (χ2v) is 7.21. The van der Waals surface area contributed by atoms with E-state index in [2.05, 4.69) is 10.6 Å². The lowest BCUT2D eigenvalue weighted by Gasteiger charge is -2.12. The van der Waals surface area contributed by atoms with E-state index in [0.717, 1.165) is 18.6 Å². The van der Waals surface area contributed by atoms with Gasteiger partial charge in [0.2, 0.25) is 0 Å². The fourth-order valence-corrected chi connectivity index (χ4v) is 2.92. The second kappa shape index (κ2) is 5.40. The van der Waals surface area contributed by atoms with Crippen LogP contribution in [0.25, 0.3) is 0 Å². The van der Waals surface area contributed by atoms with Crippen molar-refractivity contribution in [2.75, 3.05) is 11.1 Å². The maximum Gasteiger partial charge on any atom is 0.319 e. The van der Waals surface area contributed by atoms with Crippen molar-refractivity contribution in [3.63, 3.8) is 0 Å². The summed E-state index contributed by atoms with van der Waals surface area (Å²) in [6.45, 7) is 3.48. The monoisotopic (exact) mass is 300 g/mol. The van der Waals surface area contributed by atoms with Gasteiger partial charge in [0, 0.05) is 6.04 Å². The van der Waals surface area contributed by atoms with Gasteiger partial charge in [0.25, 0.3) is 0 Å². The van der Waals surface area contributed by atoms with E-state index in [-0.39, 0.29) is 22.4 Å². The van der Waals surface area contributed by atoms with Gasteiger partial charge in [0.15, 0.2) is 9.84 Å². The van der Waals surface area contributed by atoms with Crippen LogP contribution in [0.2, 0.25) is 0 Å². The predicted octanol–water partition coefficient (Wildman–Crippen LogP) is 2.15. The molecule has 1 saturated carbocycles. The van der Waals surface area contributed by atoms with Crippen molar-refractivity contribution in [1.29, 1.82) is 0 Å². The Labute approximate surface area is 117 Å². The molecular formula is C13H17FN2O3S. The van der Waals surface area contributed by atoms with Crippen LogP contribution in [0, 0.1) is 11.7 Å². The standard InChI is InChI=1S/C13H17FN2O3S/c1-3-20(18,19)12-7-9(14)4-5-10(12)15-13(17)16-11-6-8(11)2/h4-5,7-8,11H,3,6H2,1-2H3,(H2,15,16,17)/t8-,11-/m0/s1. The van der Waals surface area contributed by atoms with Crippen molar-refractivity contribution in [3.8, 4) is 0 Å². The number of benzene rings is 1. The third-order valence-electron chi connectivity index (χ3n) is 3.33. The van der Waals surface area contributed by atoms with Gasteiger partial charge in [-0.1, -0.05) is 13.8 Å². The highest BCUT2D eigenvalue weighted by atomic mass is 32.2. The van der Waals surface area contributed by atoms with Gasteiger partial charge in [-0.25, -0.2) is 17.6 Å². The zero-order valence-electron chi connectivity index (χ0n) is 11.3. The summed E-state index contributed by atoms with van der Waals surface area (Å²) in [5, 5.41) is 5.20. The summed E-state index contributed by atoms with van der Waals surface area (Å²) in [5.41, 5.74) is 0.0963. The maximum absolute atomic E-state index is 13.2. The number of urea groups is 1. The van der Waals surface area contributed by atoms with Gasteiger partial charge < -0.3 is 10.6 Å². The molecule has 2 atom stereocenters. The van der Waals surface area contributed by atoms with E-state index in [1.54, 1.807) is 0 Å². The number of hydrogen-bond acceptors (Lipinski definition) is 3. The average molecular weight is 300 g/mol. The predicted molar refractivity (Wildman–Crippen MR) is 73.9 cm³/mol. The van der Waals surface area contributed by atoms with Crippen LogP contribution >= 0.6 is 0 Å². The molecule has 0 unspecified atom stereocenters. The molecule has 1 aliphatic rings. The minimum absolute atomic E-state index is 0.0963.